The Morgan fingerprint density at radius 3 is 2.29 bits per heavy atom. The molecule has 10 heteroatoms. The van der Waals surface area contributed by atoms with Crippen LogP contribution in [0.4, 0.5) is 17.1 Å². The summed E-state index contributed by atoms with van der Waals surface area (Å²) in [6, 6.07) is 16.3. The standard InChI is InChI=1S/C24H23N3O6S/c1-15-4-8-18(27(30)31)13-20(15)26-23(28)14-34-19-9-6-17(7-10-19)25-24(29)16-5-11-21(32-2)22(12-16)33-3/h4-13H,14H2,1-3H3,(H,25,29)(H,26,28). The van der Waals surface area contributed by atoms with Crippen LogP contribution in [0.5, 0.6) is 11.5 Å². The number of ether oxygens (including phenoxy) is 2. The van der Waals surface area contributed by atoms with E-state index in [0.717, 1.165) is 10.5 Å². The van der Waals surface area contributed by atoms with Gasteiger partial charge in [-0.1, -0.05) is 6.07 Å². The summed E-state index contributed by atoms with van der Waals surface area (Å²) >= 11 is 1.31. The third-order valence-electron chi connectivity index (χ3n) is 4.83. The zero-order valence-electron chi connectivity index (χ0n) is 18.8. The van der Waals surface area contributed by atoms with Crippen molar-refractivity contribution in [1.29, 1.82) is 0 Å². The van der Waals surface area contributed by atoms with E-state index in [1.54, 1.807) is 55.5 Å². The van der Waals surface area contributed by atoms with Crippen LogP contribution in [-0.2, 0) is 4.79 Å². The SMILES string of the molecule is COc1ccc(C(=O)Nc2ccc(SCC(=O)Nc3cc([N+](=O)[O-])ccc3C)cc2)cc1OC. The number of nitro groups is 1. The molecule has 2 N–H and O–H groups in total. The van der Waals surface area contributed by atoms with E-state index in [2.05, 4.69) is 10.6 Å². The molecule has 176 valence electrons. The second-order valence-corrected chi connectivity index (χ2v) is 8.19. The molecule has 0 saturated heterocycles. The Labute approximate surface area is 200 Å². The number of methoxy groups -OCH3 is 2. The lowest BCUT2D eigenvalue weighted by Gasteiger charge is -2.10. The maximum atomic E-state index is 12.5. The molecule has 0 aliphatic rings. The topological polar surface area (TPSA) is 120 Å². The van der Waals surface area contributed by atoms with Gasteiger partial charge in [0.1, 0.15) is 0 Å². The summed E-state index contributed by atoms with van der Waals surface area (Å²) in [7, 11) is 3.02. The van der Waals surface area contributed by atoms with E-state index in [9.17, 15) is 19.7 Å². The Bertz CT molecular complexity index is 1210. The van der Waals surface area contributed by atoms with Gasteiger partial charge in [-0.25, -0.2) is 0 Å². The summed E-state index contributed by atoms with van der Waals surface area (Å²) in [5.74, 6) is 0.539. The van der Waals surface area contributed by atoms with Gasteiger partial charge < -0.3 is 20.1 Å². The Hall–Kier alpha value is -4.05. The summed E-state index contributed by atoms with van der Waals surface area (Å²) < 4.78 is 10.4. The number of benzene rings is 3. The molecule has 2 amide bonds. The van der Waals surface area contributed by atoms with Crippen LogP contribution in [0.15, 0.2) is 65.6 Å². The van der Waals surface area contributed by atoms with Crippen molar-refractivity contribution in [3.63, 3.8) is 0 Å². The molecule has 0 aromatic heterocycles. The fraction of sp³-hybridized carbons (Fsp3) is 0.167. The number of anilines is 2. The van der Waals surface area contributed by atoms with Gasteiger partial charge in [0.05, 0.1) is 30.6 Å². The van der Waals surface area contributed by atoms with Crippen molar-refractivity contribution < 1.29 is 24.0 Å². The summed E-state index contributed by atoms with van der Waals surface area (Å²) in [5.41, 5.74) is 2.08. The first-order valence-corrected chi connectivity index (χ1v) is 11.1. The third kappa shape index (κ3) is 6.26. The number of carbonyl (C=O) groups excluding carboxylic acids is 2. The van der Waals surface area contributed by atoms with E-state index in [4.69, 9.17) is 9.47 Å². The predicted molar refractivity (Wildman–Crippen MR) is 131 cm³/mol. The monoisotopic (exact) mass is 481 g/mol. The maximum Gasteiger partial charge on any atom is 0.271 e. The molecular formula is C24H23N3O6S. The second kappa shape index (κ2) is 11.2. The summed E-state index contributed by atoms with van der Waals surface area (Å²) in [6.07, 6.45) is 0. The molecule has 0 radical (unpaired) electrons. The molecule has 0 atom stereocenters. The van der Waals surface area contributed by atoms with Gasteiger partial charge in [0.2, 0.25) is 5.91 Å². The van der Waals surface area contributed by atoms with Gasteiger partial charge in [-0.05, 0) is 55.0 Å². The van der Waals surface area contributed by atoms with E-state index in [-0.39, 0.29) is 23.3 Å². The van der Waals surface area contributed by atoms with Gasteiger partial charge in [0.25, 0.3) is 11.6 Å². The molecule has 34 heavy (non-hydrogen) atoms. The van der Waals surface area contributed by atoms with Crippen molar-refractivity contribution >= 4 is 40.6 Å². The molecule has 0 spiro atoms. The normalized spacial score (nSPS) is 10.3. The molecular weight excluding hydrogens is 458 g/mol. The van der Waals surface area contributed by atoms with Crippen LogP contribution in [0.2, 0.25) is 0 Å². The highest BCUT2D eigenvalue weighted by Crippen LogP contribution is 2.28. The Morgan fingerprint density at radius 1 is 0.941 bits per heavy atom. The van der Waals surface area contributed by atoms with E-state index in [0.29, 0.717) is 28.4 Å². The van der Waals surface area contributed by atoms with Gasteiger partial charge in [0.15, 0.2) is 11.5 Å². The van der Waals surface area contributed by atoms with Gasteiger partial charge in [-0.3, -0.25) is 19.7 Å². The summed E-state index contributed by atoms with van der Waals surface area (Å²) in [4.78, 5) is 36.1. The van der Waals surface area contributed by atoms with Gasteiger partial charge >= 0.3 is 0 Å². The van der Waals surface area contributed by atoms with Crippen LogP contribution in [0.1, 0.15) is 15.9 Å². The fourth-order valence-corrected chi connectivity index (χ4v) is 3.71. The Kier molecular flexibility index (Phi) is 8.10. The van der Waals surface area contributed by atoms with Crippen LogP contribution in [0.25, 0.3) is 0 Å². The van der Waals surface area contributed by atoms with E-state index in [1.807, 2.05) is 0 Å². The van der Waals surface area contributed by atoms with Crippen LogP contribution >= 0.6 is 11.8 Å². The number of rotatable bonds is 9. The quantitative estimate of drug-likeness (QED) is 0.253. The first kappa shape index (κ1) is 24.6. The Morgan fingerprint density at radius 2 is 1.65 bits per heavy atom. The maximum absolute atomic E-state index is 12.5. The zero-order chi connectivity index (χ0) is 24.7. The number of nitrogens with zero attached hydrogens (tertiary/aromatic N) is 1. The molecule has 0 fully saturated rings. The van der Waals surface area contributed by atoms with Crippen molar-refractivity contribution in [3.8, 4) is 11.5 Å². The first-order valence-electron chi connectivity index (χ1n) is 10.1. The molecule has 0 aliphatic heterocycles. The largest absolute Gasteiger partial charge is 0.493 e. The number of carbonyl (C=O) groups is 2. The molecule has 3 rings (SSSR count). The second-order valence-electron chi connectivity index (χ2n) is 7.14. The number of thioether (sulfide) groups is 1. The molecule has 9 nitrogen and oxygen atoms in total. The Balaban J connectivity index is 1.56. The van der Waals surface area contributed by atoms with E-state index < -0.39 is 4.92 Å². The average molecular weight is 482 g/mol. The van der Waals surface area contributed by atoms with Gasteiger partial charge in [-0.15, -0.1) is 11.8 Å². The number of amides is 2. The van der Waals surface area contributed by atoms with Crippen molar-refractivity contribution in [2.45, 2.75) is 11.8 Å². The zero-order valence-corrected chi connectivity index (χ0v) is 19.6. The smallest absolute Gasteiger partial charge is 0.271 e. The number of aryl methyl sites for hydroxylation is 1. The van der Waals surface area contributed by atoms with Crippen molar-refractivity contribution in [2.24, 2.45) is 0 Å². The minimum atomic E-state index is -0.505. The fourth-order valence-electron chi connectivity index (χ4n) is 3.01. The molecule has 0 bridgehead atoms. The predicted octanol–water partition coefficient (Wildman–Crippen LogP) is 4.90. The molecule has 0 heterocycles. The number of non-ortho nitro benzene ring substituents is 1. The number of hydrogen-bond acceptors (Lipinski definition) is 7. The van der Waals surface area contributed by atoms with E-state index >= 15 is 0 Å². The minimum absolute atomic E-state index is 0.0840. The van der Waals surface area contributed by atoms with E-state index in [1.165, 1.54) is 38.1 Å². The van der Waals surface area contributed by atoms with Crippen molar-refractivity contribution in [1.82, 2.24) is 0 Å². The summed E-state index contributed by atoms with van der Waals surface area (Å²) in [5, 5.41) is 16.5. The molecule has 0 aliphatic carbocycles. The molecule has 0 unspecified atom stereocenters. The highest BCUT2D eigenvalue weighted by Gasteiger charge is 2.13. The van der Waals surface area contributed by atoms with Gasteiger partial charge in [-0.2, -0.15) is 0 Å². The lowest BCUT2D eigenvalue weighted by molar-refractivity contribution is -0.384. The number of nitrogens with one attached hydrogen (secondary N) is 2. The van der Waals surface area contributed by atoms with Crippen LogP contribution in [0, 0.1) is 17.0 Å². The van der Waals surface area contributed by atoms with Crippen LogP contribution < -0.4 is 20.1 Å². The highest BCUT2D eigenvalue weighted by molar-refractivity contribution is 8.00. The number of hydrogen-bond donors (Lipinski definition) is 2. The number of nitro benzene ring substituents is 1. The van der Waals surface area contributed by atoms with Crippen molar-refractivity contribution in [3.05, 3.63) is 81.9 Å². The van der Waals surface area contributed by atoms with Crippen LogP contribution in [0.3, 0.4) is 0 Å². The molecule has 0 saturated carbocycles. The van der Waals surface area contributed by atoms with Gasteiger partial charge in [0, 0.05) is 28.3 Å². The van der Waals surface area contributed by atoms with Crippen LogP contribution in [-0.4, -0.2) is 36.7 Å². The lowest BCUT2D eigenvalue weighted by Crippen LogP contribution is -2.15. The average Bonchev–Trinajstić information content (AvgIpc) is 2.84. The van der Waals surface area contributed by atoms with Crippen molar-refractivity contribution in [2.75, 3.05) is 30.6 Å². The third-order valence-corrected chi connectivity index (χ3v) is 5.85. The molecule has 3 aromatic carbocycles. The lowest BCUT2D eigenvalue weighted by atomic mass is 10.2. The first-order chi connectivity index (χ1) is 16.3. The minimum Gasteiger partial charge on any atom is -0.493 e. The molecule has 3 aromatic rings. The highest BCUT2D eigenvalue weighted by atomic mass is 32.2. The summed E-state index contributed by atoms with van der Waals surface area (Å²) in [6.45, 7) is 1.77.